The quantitative estimate of drug-likeness (QED) is 0.769. The van der Waals surface area contributed by atoms with E-state index in [1.807, 2.05) is 6.07 Å². The monoisotopic (exact) mass is 231 g/mol. The largest absolute Gasteiger partial charge is 0.396 e. The molecule has 1 saturated heterocycles. The molecule has 5 heteroatoms. The lowest BCUT2D eigenvalue weighted by Gasteiger charge is -2.22. The lowest BCUT2D eigenvalue weighted by atomic mass is 10.2. The fourth-order valence-electron chi connectivity index (χ4n) is 2.06. The Morgan fingerprint density at radius 3 is 2.88 bits per heavy atom. The second-order valence-corrected chi connectivity index (χ2v) is 4.39. The van der Waals surface area contributed by atoms with Crippen LogP contribution in [0.5, 0.6) is 0 Å². The van der Waals surface area contributed by atoms with Gasteiger partial charge in [0, 0.05) is 25.8 Å². The molecule has 0 unspecified atom stereocenters. The van der Waals surface area contributed by atoms with Crippen molar-refractivity contribution in [1.82, 2.24) is 9.88 Å². The first-order valence-corrected chi connectivity index (χ1v) is 5.80. The Morgan fingerprint density at radius 2 is 2.18 bits per heavy atom. The Labute approximate surface area is 101 Å². The highest BCUT2D eigenvalue weighted by molar-refractivity contribution is 5.64. The van der Waals surface area contributed by atoms with E-state index in [1.54, 1.807) is 12.3 Å². The zero-order valence-corrected chi connectivity index (χ0v) is 10.1. The SMILES string of the molecule is CN1CCCN(c2ncc(C#N)cc2N)CC1. The maximum absolute atomic E-state index is 8.78. The number of hydrogen-bond acceptors (Lipinski definition) is 5. The number of nitriles is 1. The van der Waals surface area contributed by atoms with E-state index < -0.39 is 0 Å². The summed E-state index contributed by atoms with van der Waals surface area (Å²) in [6, 6.07) is 3.74. The predicted octanol–water partition coefficient (Wildman–Crippen LogP) is 0.677. The molecule has 0 amide bonds. The normalized spacial score (nSPS) is 17.5. The lowest BCUT2D eigenvalue weighted by molar-refractivity contribution is 0.360. The van der Waals surface area contributed by atoms with Crippen LogP contribution < -0.4 is 10.6 Å². The number of nitrogen functional groups attached to an aromatic ring is 1. The number of pyridine rings is 1. The van der Waals surface area contributed by atoms with E-state index in [1.165, 1.54) is 0 Å². The Bertz CT molecular complexity index is 437. The Balaban J connectivity index is 2.19. The first-order valence-electron chi connectivity index (χ1n) is 5.80. The Kier molecular flexibility index (Phi) is 3.45. The van der Waals surface area contributed by atoms with Crippen LogP contribution in [0.25, 0.3) is 0 Å². The first kappa shape index (κ1) is 11.7. The van der Waals surface area contributed by atoms with Gasteiger partial charge in [-0.05, 0) is 26.1 Å². The number of anilines is 2. The summed E-state index contributed by atoms with van der Waals surface area (Å²) < 4.78 is 0. The Morgan fingerprint density at radius 1 is 1.35 bits per heavy atom. The molecular formula is C12H17N5. The molecule has 0 aliphatic carbocycles. The van der Waals surface area contributed by atoms with Crippen molar-refractivity contribution in [2.24, 2.45) is 0 Å². The minimum Gasteiger partial charge on any atom is -0.396 e. The van der Waals surface area contributed by atoms with Gasteiger partial charge in [0.1, 0.15) is 6.07 Å². The van der Waals surface area contributed by atoms with Crippen LogP contribution in [0.4, 0.5) is 11.5 Å². The average molecular weight is 231 g/mol. The second kappa shape index (κ2) is 5.02. The van der Waals surface area contributed by atoms with Gasteiger partial charge in [0.15, 0.2) is 5.82 Å². The minimum atomic E-state index is 0.512. The van der Waals surface area contributed by atoms with Gasteiger partial charge in [-0.15, -0.1) is 0 Å². The number of likely N-dealkylation sites (N-methyl/N-ethyl adjacent to an activating group) is 1. The smallest absolute Gasteiger partial charge is 0.151 e. The van der Waals surface area contributed by atoms with Crippen LogP contribution in [0.15, 0.2) is 12.3 Å². The summed E-state index contributed by atoms with van der Waals surface area (Å²) >= 11 is 0. The van der Waals surface area contributed by atoms with Crippen molar-refractivity contribution in [3.63, 3.8) is 0 Å². The second-order valence-electron chi connectivity index (χ2n) is 4.39. The molecule has 1 aliphatic heterocycles. The van der Waals surface area contributed by atoms with Crippen LogP contribution in [0.3, 0.4) is 0 Å². The van der Waals surface area contributed by atoms with Crippen LogP contribution >= 0.6 is 0 Å². The summed E-state index contributed by atoms with van der Waals surface area (Å²) in [6.45, 7) is 4.01. The molecular weight excluding hydrogens is 214 g/mol. The molecule has 17 heavy (non-hydrogen) atoms. The number of rotatable bonds is 1. The van der Waals surface area contributed by atoms with Crippen molar-refractivity contribution in [3.8, 4) is 6.07 Å². The van der Waals surface area contributed by atoms with Crippen molar-refractivity contribution in [2.45, 2.75) is 6.42 Å². The first-order chi connectivity index (χ1) is 8.20. The van der Waals surface area contributed by atoms with E-state index in [4.69, 9.17) is 11.0 Å². The maximum Gasteiger partial charge on any atom is 0.151 e. The number of hydrogen-bond donors (Lipinski definition) is 1. The molecule has 0 radical (unpaired) electrons. The molecule has 1 aromatic heterocycles. The zero-order valence-electron chi connectivity index (χ0n) is 10.1. The zero-order chi connectivity index (χ0) is 12.3. The third-order valence-electron chi connectivity index (χ3n) is 3.04. The molecule has 0 bridgehead atoms. The third kappa shape index (κ3) is 2.66. The summed E-state index contributed by atoms with van der Waals surface area (Å²) in [5.74, 6) is 0.805. The number of aromatic nitrogens is 1. The average Bonchev–Trinajstić information content (AvgIpc) is 2.54. The van der Waals surface area contributed by atoms with Crippen LogP contribution in [-0.4, -0.2) is 43.1 Å². The molecule has 0 atom stereocenters. The summed E-state index contributed by atoms with van der Waals surface area (Å²) in [4.78, 5) is 8.80. The molecule has 2 N–H and O–H groups in total. The van der Waals surface area contributed by atoms with E-state index in [9.17, 15) is 0 Å². The van der Waals surface area contributed by atoms with E-state index in [0.29, 0.717) is 11.3 Å². The van der Waals surface area contributed by atoms with Crippen molar-refractivity contribution in [3.05, 3.63) is 17.8 Å². The highest BCUT2D eigenvalue weighted by Gasteiger charge is 2.15. The topological polar surface area (TPSA) is 69.2 Å². The fraction of sp³-hybridized carbons (Fsp3) is 0.500. The summed E-state index contributed by atoms with van der Waals surface area (Å²) in [5, 5.41) is 8.78. The van der Waals surface area contributed by atoms with Gasteiger partial charge in [0.05, 0.1) is 11.3 Å². The van der Waals surface area contributed by atoms with Crippen LogP contribution in [-0.2, 0) is 0 Å². The van der Waals surface area contributed by atoms with E-state index >= 15 is 0 Å². The van der Waals surface area contributed by atoms with Crippen molar-refractivity contribution < 1.29 is 0 Å². The standard InChI is InChI=1S/C12H17N5/c1-16-3-2-4-17(6-5-16)12-11(14)7-10(8-13)9-15-12/h7,9H,2-6,14H2,1H3. The third-order valence-corrected chi connectivity index (χ3v) is 3.04. The lowest BCUT2D eigenvalue weighted by Crippen LogP contribution is -2.30. The van der Waals surface area contributed by atoms with Crippen molar-refractivity contribution >= 4 is 11.5 Å². The Hall–Kier alpha value is -1.80. The summed E-state index contributed by atoms with van der Waals surface area (Å²) in [5.41, 5.74) is 7.05. The highest BCUT2D eigenvalue weighted by Crippen LogP contribution is 2.21. The van der Waals surface area contributed by atoms with E-state index in [2.05, 4.69) is 21.8 Å². The van der Waals surface area contributed by atoms with E-state index in [-0.39, 0.29) is 0 Å². The maximum atomic E-state index is 8.78. The van der Waals surface area contributed by atoms with Gasteiger partial charge in [0.25, 0.3) is 0 Å². The van der Waals surface area contributed by atoms with Gasteiger partial charge < -0.3 is 15.5 Å². The molecule has 0 spiro atoms. The predicted molar refractivity (Wildman–Crippen MR) is 67.7 cm³/mol. The molecule has 0 aromatic carbocycles. The molecule has 90 valence electrons. The van der Waals surface area contributed by atoms with Crippen LogP contribution in [0, 0.1) is 11.3 Å². The minimum absolute atomic E-state index is 0.512. The fourth-order valence-corrected chi connectivity index (χ4v) is 2.06. The highest BCUT2D eigenvalue weighted by atomic mass is 15.2. The molecule has 1 aliphatic rings. The van der Waals surface area contributed by atoms with Crippen molar-refractivity contribution in [1.29, 1.82) is 5.26 Å². The van der Waals surface area contributed by atoms with Gasteiger partial charge in [-0.2, -0.15) is 5.26 Å². The molecule has 2 rings (SSSR count). The van der Waals surface area contributed by atoms with Gasteiger partial charge >= 0.3 is 0 Å². The van der Waals surface area contributed by atoms with Gasteiger partial charge in [0.2, 0.25) is 0 Å². The van der Waals surface area contributed by atoms with Gasteiger partial charge in [-0.25, -0.2) is 4.98 Å². The number of nitrogens with zero attached hydrogens (tertiary/aromatic N) is 4. The van der Waals surface area contributed by atoms with E-state index in [0.717, 1.165) is 38.4 Å². The van der Waals surface area contributed by atoms with Crippen molar-refractivity contribution in [2.75, 3.05) is 43.9 Å². The molecule has 1 fully saturated rings. The molecule has 2 heterocycles. The number of nitrogens with two attached hydrogens (primary N) is 1. The van der Waals surface area contributed by atoms with Gasteiger partial charge in [-0.3, -0.25) is 0 Å². The van der Waals surface area contributed by atoms with Crippen LogP contribution in [0.2, 0.25) is 0 Å². The molecule has 0 saturated carbocycles. The molecule has 5 nitrogen and oxygen atoms in total. The molecule has 1 aromatic rings. The summed E-state index contributed by atoms with van der Waals surface area (Å²) in [7, 11) is 2.12. The summed E-state index contributed by atoms with van der Waals surface area (Å²) in [6.07, 6.45) is 2.69. The van der Waals surface area contributed by atoms with Crippen LogP contribution in [0.1, 0.15) is 12.0 Å². The van der Waals surface area contributed by atoms with Gasteiger partial charge in [-0.1, -0.05) is 0 Å².